The quantitative estimate of drug-likeness (QED) is 0.537. The molecule has 18 heavy (non-hydrogen) atoms. The summed E-state index contributed by atoms with van der Waals surface area (Å²) < 4.78 is 6.27. The van der Waals surface area contributed by atoms with Crippen LogP contribution in [0.1, 0.15) is 23.0 Å². The van der Waals surface area contributed by atoms with E-state index >= 15 is 0 Å². The van der Waals surface area contributed by atoms with Crippen molar-refractivity contribution in [2.75, 3.05) is 6.61 Å². The average Bonchev–Trinajstić information content (AvgIpc) is 2.70. The van der Waals surface area contributed by atoms with Gasteiger partial charge in [0, 0.05) is 12.6 Å². The molecule has 0 spiro atoms. The molecule has 0 saturated carbocycles. The van der Waals surface area contributed by atoms with Gasteiger partial charge in [0.15, 0.2) is 6.29 Å². The molecule has 8 heteroatoms. The summed E-state index contributed by atoms with van der Waals surface area (Å²) in [6, 6.07) is 0. The topological polar surface area (TPSA) is 122 Å². The number of hydrogen-bond acceptors (Lipinski definition) is 6. The van der Waals surface area contributed by atoms with Gasteiger partial charge in [0.25, 0.3) is 5.56 Å². The molecule has 0 aliphatic carbocycles. The van der Waals surface area contributed by atoms with Crippen LogP contribution in [0.15, 0.2) is 15.8 Å². The third-order valence-corrected chi connectivity index (χ3v) is 2.82. The van der Waals surface area contributed by atoms with Gasteiger partial charge in [-0.15, -0.1) is 0 Å². The Morgan fingerprint density at radius 3 is 2.83 bits per heavy atom. The molecule has 3 N–H and O–H groups in total. The molecule has 0 amide bonds. The standard InChI is InChI=1S/C10H12N2O6/c13-3-5-2-12(10(17)11-9(5)16)8-1-6(15)7(4-14)18-8/h2-3,6-8,14-15H,1,4H2,(H,11,16,17)/t6-,7+,8+/m1/s1. The SMILES string of the molecule is O=Cc1cn([C@@H]2C[C@@H](O)[C@H](CO)O2)c(=O)[nH]c1=O. The number of nitrogens with one attached hydrogen (secondary N) is 1. The third kappa shape index (κ3) is 2.13. The van der Waals surface area contributed by atoms with E-state index < -0.39 is 29.7 Å². The minimum atomic E-state index is -0.904. The van der Waals surface area contributed by atoms with E-state index in [0.29, 0.717) is 6.29 Å². The van der Waals surface area contributed by atoms with Crippen LogP contribution in [0.25, 0.3) is 0 Å². The predicted molar refractivity (Wildman–Crippen MR) is 58.3 cm³/mol. The van der Waals surface area contributed by atoms with Crippen LogP contribution in [0.4, 0.5) is 0 Å². The lowest BCUT2D eigenvalue weighted by atomic mass is 10.2. The first kappa shape index (κ1) is 12.7. The molecule has 8 nitrogen and oxygen atoms in total. The summed E-state index contributed by atoms with van der Waals surface area (Å²) in [5.74, 6) is 0. The lowest BCUT2D eigenvalue weighted by molar-refractivity contribution is -0.0459. The van der Waals surface area contributed by atoms with E-state index in [2.05, 4.69) is 0 Å². The van der Waals surface area contributed by atoms with Crippen LogP contribution in [0.3, 0.4) is 0 Å². The van der Waals surface area contributed by atoms with Crippen molar-refractivity contribution in [3.05, 3.63) is 32.6 Å². The van der Waals surface area contributed by atoms with E-state index in [1.165, 1.54) is 0 Å². The van der Waals surface area contributed by atoms with Crippen LogP contribution in [-0.4, -0.2) is 44.9 Å². The number of carbonyl (C=O) groups is 1. The number of hydrogen-bond donors (Lipinski definition) is 3. The number of H-pyrrole nitrogens is 1. The normalized spacial score (nSPS) is 27.3. The summed E-state index contributed by atoms with van der Waals surface area (Å²) in [5, 5.41) is 18.5. The van der Waals surface area contributed by atoms with Gasteiger partial charge in [-0.05, 0) is 0 Å². The second-order valence-corrected chi connectivity index (χ2v) is 3.98. The van der Waals surface area contributed by atoms with Gasteiger partial charge in [-0.3, -0.25) is 19.1 Å². The Morgan fingerprint density at radius 2 is 2.28 bits per heavy atom. The first-order chi connectivity index (χ1) is 8.56. The molecule has 2 rings (SSSR count). The van der Waals surface area contributed by atoms with Crippen molar-refractivity contribution in [1.82, 2.24) is 9.55 Å². The van der Waals surface area contributed by atoms with Gasteiger partial charge in [0.2, 0.25) is 0 Å². The molecule has 0 aromatic carbocycles. The van der Waals surface area contributed by atoms with Crippen molar-refractivity contribution in [2.45, 2.75) is 24.9 Å². The molecule has 1 aliphatic heterocycles. The van der Waals surface area contributed by atoms with E-state index in [0.717, 1.165) is 10.8 Å². The summed E-state index contributed by atoms with van der Waals surface area (Å²) in [6.45, 7) is -0.379. The molecule has 2 heterocycles. The van der Waals surface area contributed by atoms with Gasteiger partial charge in [-0.1, -0.05) is 0 Å². The number of aldehydes is 1. The number of ether oxygens (including phenoxy) is 1. The van der Waals surface area contributed by atoms with E-state index in [1.807, 2.05) is 4.98 Å². The molecule has 1 fully saturated rings. The molecule has 1 aliphatic rings. The zero-order valence-corrected chi connectivity index (χ0v) is 9.28. The molecule has 1 saturated heterocycles. The highest BCUT2D eigenvalue weighted by atomic mass is 16.5. The van der Waals surface area contributed by atoms with Gasteiger partial charge in [0.1, 0.15) is 12.3 Å². The van der Waals surface area contributed by atoms with Gasteiger partial charge >= 0.3 is 5.69 Å². The maximum Gasteiger partial charge on any atom is 0.330 e. The Bertz CT molecular complexity index is 562. The monoisotopic (exact) mass is 256 g/mol. The molecule has 3 atom stereocenters. The number of carbonyl (C=O) groups excluding carboxylic acids is 1. The summed E-state index contributed by atoms with van der Waals surface area (Å²) in [6.07, 6.45) is -1.02. The Morgan fingerprint density at radius 1 is 1.56 bits per heavy atom. The number of aliphatic hydroxyl groups excluding tert-OH is 2. The summed E-state index contributed by atoms with van der Waals surface area (Å²) in [4.78, 5) is 35.4. The van der Waals surface area contributed by atoms with Crippen LogP contribution < -0.4 is 11.2 Å². The smallest absolute Gasteiger partial charge is 0.330 e. The predicted octanol–water partition coefficient (Wildman–Crippen LogP) is -2.01. The van der Waals surface area contributed by atoms with Crippen LogP contribution in [0, 0.1) is 0 Å². The average molecular weight is 256 g/mol. The van der Waals surface area contributed by atoms with Crippen LogP contribution in [0.2, 0.25) is 0 Å². The maximum absolute atomic E-state index is 11.6. The Balaban J connectivity index is 2.38. The number of aliphatic hydroxyl groups is 2. The van der Waals surface area contributed by atoms with E-state index in [-0.39, 0.29) is 18.6 Å². The van der Waals surface area contributed by atoms with Gasteiger partial charge in [0.05, 0.1) is 18.3 Å². The number of nitrogens with zero attached hydrogens (tertiary/aromatic N) is 1. The van der Waals surface area contributed by atoms with Crippen molar-refractivity contribution >= 4 is 6.29 Å². The Labute approximate surface area is 100 Å². The van der Waals surface area contributed by atoms with Gasteiger partial charge < -0.3 is 14.9 Å². The molecule has 0 unspecified atom stereocenters. The van der Waals surface area contributed by atoms with Crippen molar-refractivity contribution < 1.29 is 19.7 Å². The second kappa shape index (κ2) is 4.84. The highest BCUT2D eigenvalue weighted by Crippen LogP contribution is 2.27. The molecule has 0 radical (unpaired) electrons. The lowest BCUT2D eigenvalue weighted by Crippen LogP contribution is -2.34. The fraction of sp³-hybridized carbons (Fsp3) is 0.500. The minimum Gasteiger partial charge on any atom is -0.394 e. The van der Waals surface area contributed by atoms with E-state index in [1.54, 1.807) is 0 Å². The van der Waals surface area contributed by atoms with Gasteiger partial charge in [-0.2, -0.15) is 0 Å². The number of aromatic nitrogens is 2. The maximum atomic E-state index is 11.6. The van der Waals surface area contributed by atoms with Crippen molar-refractivity contribution in [2.24, 2.45) is 0 Å². The first-order valence-electron chi connectivity index (χ1n) is 5.32. The van der Waals surface area contributed by atoms with E-state index in [9.17, 15) is 19.5 Å². The van der Waals surface area contributed by atoms with Crippen LogP contribution in [-0.2, 0) is 4.74 Å². The van der Waals surface area contributed by atoms with Gasteiger partial charge in [-0.25, -0.2) is 4.79 Å². The Kier molecular flexibility index (Phi) is 3.41. The summed E-state index contributed by atoms with van der Waals surface area (Å²) in [5.41, 5.74) is -1.72. The van der Waals surface area contributed by atoms with Crippen molar-refractivity contribution in [3.63, 3.8) is 0 Å². The van der Waals surface area contributed by atoms with Crippen molar-refractivity contribution in [1.29, 1.82) is 0 Å². The molecule has 1 aromatic heterocycles. The molecule has 1 aromatic rings. The zero-order chi connectivity index (χ0) is 13.3. The van der Waals surface area contributed by atoms with Crippen molar-refractivity contribution in [3.8, 4) is 0 Å². The largest absolute Gasteiger partial charge is 0.394 e. The first-order valence-corrected chi connectivity index (χ1v) is 5.32. The minimum absolute atomic E-state index is 0.0927. The highest BCUT2D eigenvalue weighted by Gasteiger charge is 2.35. The van der Waals surface area contributed by atoms with Crippen LogP contribution >= 0.6 is 0 Å². The second-order valence-electron chi connectivity index (χ2n) is 3.98. The molecular formula is C10H12N2O6. The third-order valence-electron chi connectivity index (χ3n) is 2.82. The fourth-order valence-corrected chi connectivity index (χ4v) is 1.85. The zero-order valence-electron chi connectivity index (χ0n) is 9.28. The summed E-state index contributed by atoms with van der Waals surface area (Å²) >= 11 is 0. The highest BCUT2D eigenvalue weighted by molar-refractivity contribution is 5.73. The number of aromatic amines is 1. The van der Waals surface area contributed by atoms with E-state index in [4.69, 9.17) is 9.84 Å². The fourth-order valence-electron chi connectivity index (χ4n) is 1.85. The Hall–Kier alpha value is -1.77. The summed E-state index contributed by atoms with van der Waals surface area (Å²) in [7, 11) is 0. The number of rotatable bonds is 3. The van der Waals surface area contributed by atoms with Crippen LogP contribution in [0.5, 0.6) is 0 Å². The molecular weight excluding hydrogens is 244 g/mol. The molecule has 0 bridgehead atoms. The lowest BCUT2D eigenvalue weighted by Gasteiger charge is -2.14. The molecule has 98 valence electrons.